The van der Waals surface area contributed by atoms with Crippen LogP contribution in [-0.4, -0.2) is 43.0 Å². The number of esters is 1. The van der Waals surface area contributed by atoms with E-state index in [4.69, 9.17) is 0 Å². The highest BCUT2D eigenvalue weighted by molar-refractivity contribution is 5.89. The van der Waals surface area contributed by atoms with Gasteiger partial charge in [0.15, 0.2) is 0 Å². The lowest BCUT2D eigenvalue weighted by Gasteiger charge is -2.24. The predicted octanol–water partition coefficient (Wildman–Crippen LogP) is 1.43. The minimum Gasteiger partial charge on any atom is -0.468 e. The van der Waals surface area contributed by atoms with Crippen LogP contribution in [0.3, 0.4) is 0 Å². The molecule has 1 amide bonds. The van der Waals surface area contributed by atoms with Crippen LogP contribution < -0.4 is 5.32 Å². The summed E-state index contributed by atoms with van der Waals surface area (Å²) in [7, 11) is 1.33. The number of nitrogens with one attached hydrogen (secondary N) is 1. The summed E-state index contributed by atoms with van der Waals surface area (Å²) in [6.45, 7) is 2.55. The number of para-hydroxylation sites is 1. The van der Waals surface area contributed by atoms with Gasteiger partial charge in [0, 0.05) is 18.7 Å². The molecule has 5 nitrogen and oxygen atoms in total. The highest BCUT2D eigenvalue weighted by Crippen LogP contribution is 2.26. The van der Waals surface area contributed by atoms with E-state index >= 15 is 0 Å². The van der Waals surface area contributed by atoms with Gasteiger partial charge in [-0.3, -0.25) is 9.59 Å². The zero-order valence-electron chi connectivity index (χ0n) is 11.9. The summed E-state index contributed by atoms with van der Waals surface area (Å²) in [5, 5.41) is 3.22. The first-order valence-corrected chi connectivity index (χ1v) is 6.85. The number of amides is 1. The molecular formula is C15H20N2O3. The van der Waals surface area contributed by atoms with Crippen molar-refractivity contribution >= 4 is 17.6 Å². The predicted molar refractivity (Wildman–Crippen MR) is 76.4 cm³/mol. The molecule has 108 valence electrons. The van der Waals surface area contributed by atoms with Crippen molar-refractivity contribution in [3.05, 3.63) is 29.8 Å². The average molecular weight is 276 g/mol. The van der Waals surface area contributed by atoms with Gasteiger partial charge in [0.1, 0.15) is 12.6 Å². The molecule has 0 saturated carbocycles. The average Bonchev–Trinajstić information content (AvgIpc) is 2.89. The molecule has 0 radical (unpaired) electrons. The second-order valence-corrected chi connectivity index (χ2v) is 4.89. The Morgan fingerprint density at radius 3 is 2.80 bits per heavy atom. The van der Waals surface area contributed by atoms with Crippen LogP contribution in [0, 0.1) is 0 Å². The Balaban J connectivity index is 2.04. The maximum Gasteiger partial charge on any atom is 0.325 e. The maximum atomic E-state index is 12.5. The van der Waals surface area contributed by atoms with Gasteiger partial charge in [-0.2, -0.15) is 0 Å². The van der Waals surface area contributed by atoms with Crippen LogP contribution in [0.25, 0.3) is 0 Å². The molecule has 20 heavy (non-hydrogen) atoms. The van der Waals surface area contributed by atoms with Crippen LogP contribution in [0.15, 0.2) is 24.3 Å². The van der Waals surface area contributed by atoms with E-state index in [-0.39, 0.29) is 24.5 Å². The monoisotopic (exact) mass is 276 g/mol. The minimum atomic E-state index is -0.387. The summed E-state index contributed by atoms with van der Waals surface area (Å²) >= 11 is 0. The zero-order valence-corrected chi connectivity index (χ0v) is 11.9. The SMILES string of the molecule is CCCN(CC(=O)OC)C(=O)[C@@H]1Cc2ccccc2N1. The first-order valence-electron chi connectivity index (χ1n) is 6.85. The molecule has 1 aromatic rings. The van der Waals surface area contributed by atoms with Crippen LogP contribution >= 0.6 is 0 Å². The van der Waals surface area contributed by atoms with Crippen LogP contribution in [0.2, 0.25) is 0 Å². The summed E-state index contributed by atoms with van der Waals surface area (Å²) in [5.74, 6) is -0.434. The van der Waals surface area contributed by atoms with Crippen molar-refractivity contribution in [2.75, 3.05) is 25.5 Å². The zero-order chi connectivity index (χ0) is 14.5. The van der Waals surface area contributed by atoms with Crippen LogP contribution in [0.4, 0.5) is 5.69 Å². The number of hydrogen-bond acceptors (Lipinski definition) is 4. The molecule has 1 aromatic carbocycles. The Labute approximate surface area is 118 Å². The largest absolute Gasteiger partial charge is 0.468 e. The molecule has 5 heteroatoms. The quantitative estimate of drug-likeness (QED) is 0.827. The van der Waals surface area contributed by atoms with Crippen molar-refractivity contribution in [2.24, 2.45) is 0 Å². The first kappa shape index (κ1) is 14.4. The third-order valence-corrected chi connectivity index (χ3v) is 3.42. The number of anilines is 1. The van der Waals surface area contributed by atoms with Gasteiger partial charge in [0.25, 0.3) is 0 Å². The van der Waals surface area contributed by atoms with Crippen LogP contribution in [0.1, 0.15) is 18.9 Å². The summed E-state index contributed by atoms with van der Waals surface area (Å²) in [5.41, 5.74) is 2.14. The lowest BCUT2D eigenvalue weighted by molar-refractivity contribution is -0.147. The number of methoxy groups -OCH3 is 1. The molecule has 2 rings (SSSR count). The van der Waals surface area contributed by atoms with Gasteiger partial charge in [-0.1, -0.05) is 25.1 Å². The van der Waals surface area contributed by atoms with E-state index < -0.39 is 0 Å². The molecule has 1 N–H and O–H groups in total. The molecule has 1 aliphatic heterocycles. The van der Waals surface area contributed by atoms with E-state index in [2.05, 4.69) is 10.1 Å². The molecule has 0 unspecified atom stereocenters. The van der Waals surface area contributed by atoms with Gasteiger partial charge in [-0.05, 0) is 18.1 Å². The van der Waals surface area contributed by atoms with Crippen LogP contribution in [-0.2, 0) is 20.7 Å². The molecule has 1 aliphatic rings. The Bertz CT molecular complexity index is 477. The lowest BCUT2D eigenvalue weighted by atomic mass is 10.1. The third kappa shape index (κ3) is 3.10. The van der Waals surface area contributed by atoms with E-state index in [9.17, 15) is 9.59 Å². The molecular weight excluding hydrogens is 256 g/mol. The standard InChI is InChI=1S/C15H20N2O3/c1-3-8-17(10-14(18)20-2)15(19)13-9-11-6-4-5-7-12(11)16-13/h4-7,13,16H,3,8-10H2,1-2H3/t13-/m0/s1. The van der Waals surface area contributed by atoms with E-state index in [0.29, 0.717) is 13.0 Å². The van der Waals surface area contributed by atoms with Crippen LogP contribution in [0.5, 0.6) is 0 Å². The Morgan fingerprint density at radius 2 is 2.15 bits per heavy atom. The summed E-state index contributed by atoms with van der Waals surface area (Å²) < 4.78 is 4.65. The van der Waals surface area contributed by atoms with Crippen molar-refractivity contribution in [1.29, 1.82) is 0 Å². The van der Waals surface area contributed by atoms with E-state index in [0.717, 1.165) is 17.7 Å². The second-order valence-electron chi connectivity index (χ2n) is 4.89. The summed E-state index contributed by atoms with van der Waals surface area (Å²) in [6, 6.07) is 7.60. The van der Waals surface area contributed by atoms with E-state index in [1.54, 1.807) is 4.90 Å². The molecule has 0 bridgehead atoms. The third-order valence-electron chi connectivity index (χ3n) is 3.42. The molecule has 0 aromatic heterocycles. The second kappa shape index (κ2) is 6.41. The number of carbonyl (C=O) groups is 2. The fraction of sp³-hybridized carbons (Fsp3) is 0.467. The highest BCUT2D eigenvalue weighted by Gasteiger charge is 2.30. The van der Waals surface area contributed by atoms with Gasteiger partial charge in [0.05, 0.1) is 7.11 Å². The molecule has 1 atom stereocenters. The molecule has 0 fully saturated rings. The number of fused-ring (bicyclic) bond motifs is 1. The van der Waals surface area contributed by atoms with Gasteiger partial charge in [-0.25, -0.2) is 0 Å². The topological polar surface area (TPSA) is 58.6 Å². The number of ether oxygens (including phenoxy) is 1. The smallest absolute Gasteiger partial charge is 0.325 e. The van der Waals surface area contributed by atoms with Gasteiger partial charge in [-0.15, -0.1) is 0 Å². The van der Waals surface area contributed by atoms with Gasteiger partial charge < -0.3 is 15.0 Å². The van der Waals surface area contributed by atoms with Crippen molar-refractivity contribution in [1.82, 2.24) is 4.90 Å². The van der Waals surface area contributed by atoms with E-state index in [1.807, 2.05) is 31.2 Å². The van der Waals surface area contributed by atoms with Crippen molar-refractivity contribution in [3.8, 4) is 0 Å². The van der Waals surface area contributed by atoms with Gasteiger partial charge >= 0.3 is 5.97 Å². The Kier molecular flexibility index (Phi) is 4.61. The number of benzene rings is 1. The van der Waals surface area contributed by atoms with Crippen molar-refractivity contribution < 1.29 is 14.3 Å². The fourth-order valence-corrected chi connectivity index (χ4v) is 2.42. The number of rotatable bonds is 5. The van der Waals surface area contributed by atoms with Crippen molar-refractivity contribution in [3.63, 3.8) is 0 Å². The number of nitrogens with zero attached hydrogens (tertiary/aromatic N) is 1. The molecule has 0 spiro atoms. The number of carbonyl (C=O) groups excluding carboxylic acids is 2. The summed E-state index contributed by atoms with van der Waals surface area (Å²) in [6.07, 6.45) is 1.47. The molecule has 1 heterocycles. The normalized spacial score (nSPS) is 16.2. The molecule has 0 saturated heterocycles. The van der Waals surface area contributed by atoms with Crippen molar-refractivity contribution in [2.45, 2.75) is 25.8 Å². The Hall–Kier alpha value is -2.04. The maximum absolute atomic E-state index is 12.5. The van der Waals surface area contributed by atoms with E-state index in [1.165, 1.54) is 7.11 Å². The fourth-order valence-electron chi connectivity index (χ4n) is 2.42. The summed E-state index contributed by atoms with van der Waals surface area (Å²) in [4.78, 5) is 25.5. The lowest BCUT2D eigenvalue weighted by Crippen LogP contribution is -2.45. The van der Waals surface area contributed by atoms with Gasteiger partial charge in [0.2, 0.25) is 5.91 Å². The Morgan fingerprint density at radius 1 is 1.40 bits per heavy atom. The minimum absolute atomic E-state index is 0.0116. The molecule has 0 aliphatic carbocycles. The highest BCUT2D eigenvalue weighted by atomic mass is 16.5. The first-order chi connectivity index (χ1) is 9.65. The number of hydrogen-bond donors (Lipinski definition) is 1.